The van der Waals surface area contributed by atoms with Crippen molar-refractivity contribution in [2.75, 3.05) is 20.3 Å². The van der Waals surface area contributed by atoms with Crippen molar-refractivity contribution in [2.24, 2.45) is 0 Å². The van der Waals surface area contributed by atoms with Crippen LogP contribution in [-0.2, 0) is 9.47 Å². The van der Waals surface area contributed by atoms with Gasteiger partial charge in [0.15, 0.2) is 0 Å². The Kier molecular flexibility index (Phi) is 6.22. The monoisotopic (exact) mass is 215 g/mol. The molecule has 1 saturated carbocycles. The zero-order valence-corrected chi connectivity index (χ0v) is 10.3. The van der Waals surface area contributed by atoms with E-state index in [1.54, 1.807) is 7.11 Å². The van der Waals surface area contributed by atoms with E-state index in [9.17, 15) is 0 Å². The molecule has 0 aromatic rings. The van der Waals surface area contributed by atoms with E-state index in [1.165, 1.54) is 19.3 Å². The van der Waals surface area contributed by atoms with E-state index in [2.05, 4.69) is 19.2 Å². The fraction of sp³-hybridized carbons (Fsp3) is 1.00. The van der Waals surface area contributed by atoms with Crippen molar-refractivity contribution >= 4 is 0 Å². The molecule has 2 atom stereocenters. The minimum atomic E-state index is 0.415. The lowest BCUT2D eigenvalue weighted by molar-refractivity contribution is -0.0284. The Morgan fingerprint density at radius 1 is 1.27 bits per heavy atom. The van der Waals surface area contributed by atoms with Gasteiger partial charge < -0.3 is 14.8 Å². The van der Waals surface area contributed by atoms with Crippen molar-refractivity contribution in [2.45, 2.75) is 57.8 Å². The van der Waals surface area contributed by atoms with Crippen LogP contribution in [0.5, 0.6) is 0 Å². The van der Waals surface area contributed by atoms with Gasteiger partial charge in [-0.15, -0.1) is 0 Å². The van der Waals surface area contributed by atoms with Gasteiger partial charge >= 0.3 is 0 Å². The van der Waals surface area contributed by atoms with Crippen LogP contribution in [0.2, 0.25) is 0 Å². The van der Waals surface area contributed by atoms with Crippen LogP contribution in [0.15, 0.2) is 0 Å². The summed E-state index contributed by atoms with van der Waals surface area (Å²) in [6.45, 7) is 6.08. The van der Waals surface area contributed by atoms with E-state index in [4.69, 9.17) is 9.47 Å². The van der Waals surface area contributed by atoms with Gasteiger partial charge in [-0.1, -0.05) is 13.8 Å². The first-order valence-electron chi connectivity index (χ1n) is 6.10. The Hall–Kier alpha value is -0.120. The molecule has 2 unspecified atom stereocenters. The highest BCUT2D eigenvalue weighted by Crippen LogP contribution is 2.22. The third-order valence-electron chi connectivity index (χ3n) is 2.92. The van der Waals surface area contributed by atoms with Crippen molar-refractivity contribution in [1.29, 1.82) is 0 Å². The Morgan fingerprint density at radius 3 is 2.67 bits per heavy atom. The number of hydrogen-bond acceptors (Lipinski definition) is 3. The molecule has 1 aliphatic rings. The highest BCUT2D eigenvalue weighted by molar-refractivity contribution is 4.73. The van der Waals surface area contributed by atoms with Crippen LogP contribution >= 0.6 is 0 Å². The summed E-state index contributed by atoms with van der Waals surface area (Å²) < 4.78 is 11.2. The summed E-state index contributed by atoms with van der Waals surface area (Å²) in [7, 11) is 1.80. The van der Waals surface area contributed by atoms with Crippen LogP contribution < -0.4 is 5.32 Å². The molecule has 0 aliphatic heterocycles. The van der Waals surface area contributed by atoms with Gasteiger partial charge in [0, 0.05) is 19.7 Å². The quantitative estimate of drug-likeness (QED) is 0.687. The van der Waals surface area contributed by atoms with Gasteiger partial charge in [-0.25, -0.2) is 0 Å². The lowest BCUT2D eigenvalue weighted by atomic mass is 9.95. The van der Waals surface area contributed by atoms with Crippen molar-refractivity contribution in [1.82, 2.24) is 5.32 Å². The number of nitrogens with one attached hydrogen (secondary N) is 1. The van der Waals surface area contributed by atoms with Crippen LogP contribution in [0.3, 0.4) is 0 Å². The first-order chi connectivity index (χ1) is 7.22. The number of hydrogen-bond donors (Lipinski definition) is 1. The van der Waals surface area contributed by atoms with Crippen molar-refractivity contribution in [3.05, 3.63) is 0 Å². The predicted octanol–water partition coefficient (Wildman–Crippen LogP) is 1.96. The molecule has 90 valence electrons. The molecule has 0 amide bonds. The second-order valence-corrected chi connectivity index (χ2v) is 4.63. The molecule has 0 aromatic carbocycles. The maximum Gasteiger partial charge on any atom is 0.0600 e. The SMILES string of the molecule is COC1CCCC(OCCNC(C)C)C1. The van der Waals surface area contributed by atoms with Crippen molar-refractivity contribution in [3.8, 4) is 0 Å². The first-order valence-corrected chi connectivity index (χ1v) is 6.10. The summed E-state index contributed by atoms with van der Waals surface area (Å²) in [5, 5.41) is 3.35. The largest absolute Gasteiger partial charge is 0.381 e. The molecule has 1 N–H and O–H groups in total. The van der Waals surface area contributed by atoms with Crippen LogP contribution in [0.25, 0.3) is 0 Å². The van der Waals surface area contributed by atoms with Gasteiger partial charge in [-0.2, -0.15) is 0 Å². The van der Waals surface area contributed by atoms with E-state index in [0.29, 0.717) is 18.2 Å². The molecule has 0 saturated heterocycles. The smallest absolute Gasteiger partial charge is 0.0600 e. The van der Waals surface area contributed by atoms with E-state index in [0.717, 1.165) is 19.6 Å². The van der Waals surface area contributed by atoms with Gasteiger partial charge in [0.2, 0.25) is 0 Å². The van der Waals surface area contributed by atoms with Crippen LogP contribution in [0, 0.1) is 0 Å². The molecular formula is C12H25NO2. The maximum atomic E-state index is 5.82. The molecule has 1 fully saturated rings. The summed E-state index contributed by atoms with van der Waals surface area (Å²) in [6, 6.07) is 0.548. The summed E-state index contributed by atoms with van der Waals surface area (Å²) in [6.07, 6.45) is 5.53. The summed E-state index contributed by atoms with van der Waals surface area (Å²) >= 11 is 0. The minimum Gasteiger partial charge on any atom is -0.381 e. The molecule has 0 heterocycles. The van der Waals surface area contributed by atoms with Gasteiger partial charge in [0.1, 0.15) is 0 Å². The summed E-state index contributed by atoms with van der Waals surface area (Å²) in [5.74, 6) is 0. The first kappa shape index (κ1) is 12.9. The van der Waals surface area contributed by atoms with Gasteiger partial charge in [0.05, 0.1) is 18.8 Å². The van der Waals surface area contributed by atoms with E-state index < -0.39 is 0 Å². The van der Waals surface area contributed by atoms with Gasteiger partial charge in [0.25, 0.3) is 0 Å². The van der Waals surface area contributed by atoms with E-state index in [1.807, 2.05) is 0 Å². The Labute approximate surface area is 93.5 Å². The molecule has 15 heavy (non-hydrogen) atoms. The summed E-state index contributed by atoms with van der Waals surface area (Å²) in [5.41, 5.74) is 0. The zero-order valence-electron chi connectivity index (χ0n) is 10.3. The average molecular weight is 215 g/mol. The van der Waals surface area contributed by atoms with Crippen LogP contribution in [0.1, 0.15) is 39.5 Å². The lowest BCUT2D eigenvalue weighted by Crippen LogP contribution is -2.31. The highest BCUT2D eigenvalue weighted by atomic mass is 16.5. The maximum absolute atomic E-state index is 5.82. The Balaban J connectivity index is 2.05. The van der Waals surface area contributed by atoms with E-state index in [-0.39, 0.29) is 0 Å². The third kappa shape index (κ3) is 5.50. The average Bonchev–Trinajstić information content (AvgIpc) is 2.24. The van der Waals surface area contributed by atoms with Gasteiger partial charge in [-0.3, -0.25) is 0 Å². The molecule has 3 heteroatoms. The molecule has 0 aromatic heterocycles. The number of rotatable bonds is 6. The van der Waals surface area contributed by atoms with Crippen LogP contribution in [0.4, 0.5) is 0 Å². The lowest BCUT2D eigenvalue weighted by Gasteiger charge is -2.28. The highest BCUT2D eigenvalue weighted by Gasteiger charge is 2.21. The topological polar surface area (TPSA) is 30.5 Å². The van der Waals surface area contributed by atoms with Crippen LogP contribution in [-0.4, -0.2) is 38.5 Å². The molecule has 1 aliphatic carbocycles. The molecule has 3 nitrogen and oxygen atoms in total. The number of methoxy groups -OCH3 is 1. The van der Waals surface area contributed by atoms with Crippen molar-refractivity contribution in [3.63, 3.8) is 0 Å². The summed E-state index contributed by atoms with van der Waals surface area (Å²) in [4.78, 5) is 0. The fourth-order valence-electron chi connectivity index (χ4n) is 2.04. The van der Waals surface area contributed by atoms with Crippen molar-refractivity contribution < 1.29 is 9.47 Å². The fourth-order valence-corrected chi connectivity index (χ4v) is 2.04. The molecule has 0 spiro atoms. The van der Waals surface area contributed by atoms with Gasteiger partial charge in [-0.05, 0) is 25.7 Å². The molecule has 0 bridgehead atoms. The van der Waals surface area contributed by atoms with E-state index >= 15 is 0 Å². The Bertz CT molecular complexity index is 162. The third-order valence-corrected chi connectivity index (χ3v) is 2.92. The second-order valence-electron chi connectivity index (χ2n) is 4.63. The minimum absolute atomic E-state index is 0.415. The standard InChI is InChI=1S/C12H25NO2/c1-10(2)13-7-8-15-12-6-4-5-11(9-12)14-3/h10-13H,4-9H2,1-3H3. The molecule has 0 radical (unpaired) electrons. The number of ether oxygens (including phenoxy) is 2. The predicted molar refractivity (Wildman–Crippen MR) is 62.1 cm³/mol. The normalized spacial score (nSPS) is 27.2. The molecule has 1 rings (SSSR count). The Morgan fingerprint density at radius 2 is 2.00 bits per heavy atom. The zero-order chi connectivity index (χ0) is 11.1. The second kappa shape index (κ2) is 7.20. The molecular weight excluding hydrogens is 190 g/mol.